The number of benzene rings is 1. The topological polar surface area (TPSA) is 0 Å². The van der Waals surface area contributed by atoms with E-state index in [1.54, 1.807) is 11.3 Å². The molecule has 0 saturated carbocycles. The molecule has 2 aromatic rings. The van der Waals surface area contributed by atoms with E-state index in [4.69, 9.17) is 11.6 Å². The molecule has 1 heterocycles. The van der Waals surface area contributed by atoms with Gasteiger partial charge in [0.2, 0.25) is 0 Å². The molecule has 17 heavy (non-hydrogen) atoms. The van der Waals surface area contributed by atoms with Crippen molar-refractivity contribution in [1.29, 1.82) is 0 Å². The number of aryl methyl sites for hydroxylation is 1. The Morgan fingerprint density at radius 2 is 2.06 bits per heavy atom. The van der Waals surface area contributed by atoms with Crippen LogP contribution in [0.3, 0.4) is 0 Å². The van der Waals surface area contributed by atoms with Crippen LogP contribution >= 0.6 is 54.8 Å². The Labute approximate surface area is 127 Å². The first-order chi connectivity index (χ1) is 8.13. The lowest BCUT2D eigenvalue weighted by atomic mass is 10.1. The molecule has 1 atom stereocenters. The van der Waals surface area contributed by atoms with Gasteiger partial charge in [-0.2, -0.15) is 0 Å². The molecule has 0 saturated heterocycles. The Hall–Kier alpha value is 0.170. The third-order valence-electron chi connectivity index (χ3n) is 2.62. The van der Waals surface area contributed by atoms with Crippen LogP contribution in [0, 0.1) is 0 Å². The van der Waals surface area contributed by atoms with E-state index in [1.807, 2.05) is 12.1 Å². The molecule has 0 spiro atoms. The smallest absolute Gasteiger partial charge is 0.0941 e. The largest absolute Gasteiger partial charge is 0.147 e. The second kappa shape index (κ2) is 5.87. The zero-order chi connectivity index (χ0) is 12.4. The van der Waals surface area contributed by atoms with E-state index >= 15 is 0 Å². The summed E-state index contributed by atoms with van der Waals surface area (Å²) < 4.78 is 2.10. The summed E-state index contributed by atoms with van der Waals surface area (Å²) in [4.78, 5) is 1.24. The van der Waals surface area contributed by atoms with Crippen LogP contribution in [0.2, 0.25) is 0 Å². The molecule has 1 aromatic carbocycles. The molecule has 90 valence electrons. The number of thiophene rings is 1. The van der Waals surface area contributed by atoms with Gasteiger partial charge in [0.05, 0.1) is 5.38 Å². The summed E-state index contributed by atoms with van der Waals surface area (Å²) in [5.74, 6) is 0. The Morgan fingerprint density at radius 1 is 1.29 bits per heavy atom. The lowest BCUT2D eigenvalue weighted by Gasteiger charge is -2.12. The minimum atomic E-state index is -0.0863. The molecule has 2 rings (SSSR count). The van der Waals surface area contributed by atoms with Crippen molar-refractivity contribution in [2.24, 2.45) is 0 Å². The minimum Gasteiger partial charge on any atom is -0.147 e. The molecular formula is C13H11Br2ClS. The molecule has 0 fully saturated rings. The lowest BCUT2D eigenvalue weighted by molar-refractivity contribution is 1.07. The third kappa shape index (κ3) is 2.95. The number of halogens is 3. The molecule has 0 N–H and O–H groups in total. The first-order valence-corrected chi connectivity index (χ1v) is 8.19. The van der Waals surface area contributed by atoms with Crippen LogP contribution in [0.4, 0.5) is 0 Å². The van der Waals surface area contributed by atoms with Crippen molar-refractivity contribution in [3.05, 3.63) is 54.6 Å². The van der Waals surface area contributed by atoms with Gasteiger partial charge in [0.25, 0.3) is 0 Å². The van der Waals surface area contributed by atoms with Crippen LogP contribution < -0.4 is 0 Å². The molecule has 0 aliphatic carbocycles. The first-order valence-electron chi connectivity index (χ1n) is 5.28. The second-order valence-electron chi connectivity index (χ2n) is 3.69. The number of hydrogen-bond donors (Lipinski definition) is 0. The maximum Gasteiger partial charge on any atom is 0.0941 e. The van der Waals surface area contributed by atoms with Crippen molar-refractivity contribution in [2.45, 2.75) is 18.7 Å². The maximum atomic E-state index is 6.59. The highest BCUT2D eigenvalue weighted by Gasteiger charge is 2.18. The molecule has 0 aliphatic heterocycles. The fourth-order valence-corrected chi connectivity index (χ4v) is 4.16. The Bertz CT molecular complexity index is 522. The molecule has 0 amide bonds. The van der Waals surface area contributed by atoms with E-state index in [2.05, 4.69) is 56.3 Å². The van der Waals surface area contributed by atoms with Crippen LogP contribution in [-0.2, 0) is 6.42 Å². The van der Waals surface area contributed by atoms with E-state index in [0.717, 1.165) is 20.9 Å². The second-order valence-corrected chi connectivity index (χ2v) is 6.85. The highest BCUT2D eigenvalue weighted by Crippen LogP contribution is 2.39. The van der Waals surface area contributed by atoms with Crippen molar-refractivity contribution in [1.82, 2.24) is 0 Å². The predicted octanol–water partition coefficient (Wildman–Crippen LogP) is 6.16. The van der Waals surface area contributed by atoms with E-state index in [-0.39, 0.29) is 5.38 Å². The highest BCUT2D eigenvalue weighted by atomic mass is 79.9. The van der Waals surface area contributed by atoms with Gasteiger partial charge in [0, 0.05) is 13.8 Å². The zero-order valence-electron chi connectivity index (χ0n) is 9.21. The Kier molecular flexibility index (Phi) is 4.70. The molecular weight excluding hydrogens is 383 g/mol. The van der Waals surface area contributed by atoms with Crippen LogP contribution in [-0.4, -0.2) is 0 Å². The van der Waals surface area contributed by atoms with Gasteiger partial charge >= 0.3 is 0 Å². The highest BCUT2D eigenvalue weighted by molar-refractivity contribution is 9.11. The fourth-order valence-electron chi connectivity index (χ4n) is 1.71. The monoisotopic (exact) mass is 392 g/mol. The molecule has 1 aromatic heterocycles. The van der Waals surface area contributed by atoms with Crippen LogP contribution in [0.1, 0.15) is 28.3 Å². The van der Waals surface area contributed by atoms with Gasteiger partial charge in [-0.3, -0.25) is 0 Å². The minimum absolute atomic E-state index is 0.0863. The molecule has 4 heteroatoms. The van der Waals surface area contributed by atoms with E-state index in [1.165, 1.54) is 10.4 Å². The van der Waals surface area contributed by atoms with Gasteiger partial charge in [-0.05, 0) is 47.2 Å². The van der Waals surface area contributed by atoms with Gasteiger partial charge in [-0.15, -0.1) is 22.9 Å². The van der Waals surface area contributed by atoms with Crippen molar-refractivity contribution in [2.75, 3.05) is 0 Å². The zero-order valence-corrected chi connectivity index (χ0v) is 14.0. The normalized spacial score (nSPS) is 12.7. The average Bonchev–Trinajstić information content (AvgIpc) is 2.79. The van der Waals surface area contributed by atoms with Gasteiger partial charge < -0.3 is 0 Å². The number of rotatable bonds is 3. The maximum absolute atomic E-state index is 6.59. The first kappa shape index (κ1) is 13.6. The van der Waals surface area contributed by atoms with E-state index in [0.29, 0.717) is 0 Å². The Balaban J connectivity index is 2.43. The van der Waals surface area contributed by atoms with Crippen LogP contribution in [0.5, 0.6) is 0 Å². The predicted molar refractivity (Wildman–Crippen MR) is 83.2 cm³/mol. The summed E-state index contributed by atoms with van der Waals surface area (Å²) in [6.07, 6.45) is 1.02. The van der Waals surface area contributed by atoms with Gasteiger partial charge in [-0.1, -0.05) is 38.8 Å². The van der Waals surface area contributed by atoms with E-state index < -0.39 is 0 Å². The summed E-state index contributed by atoms with van der Waals surface area (Å²) in [6.45, 7) is 2.16. The van der Waals surface area contributed by atoms with Gasteiger partial charge in [0.1, 0.15) is 0 Å². The summed E-state index contributed by atoms with van der Waals surface area (Å²) in [7, 11) is 0. The number of alkyl halides is 1. The number of hydrogen-bond acceptors (Lipinski definition) is 1. The van der Waals surface area contributed by atoms with Crippen molar-refractivity contribution >= 4 is 54.8 Å². The summed E-state index contributed by atoms with van der Waals surface area (Å²) in [5.41, 5.74) is 2.44. The molecule has 0 bridgehead atoms. The van der Waals surface area contributed by atoms with Crippen LogP contribution in [0.15, 0.2) is 38.6 Å². The Morgan fingerprint density at radius 3 is 2.76 bits per heavy atom. The molecule has 1 unspecified atom stereocenters. The molecule has 0 aliphatic rings. The lowest BCUT2D eigenvalue weighted by Crippen LogP contribution is -1.95. The average molecular weight is 395 g/mol. The fraction of sp³-hybridized carbons (Fsp3) is 0.231. The summed E-state index contributed by atoms with van der Waals surface area (Å²) >= 11 is 15.4. The summed E-state index contributed by atoms with van der Waals surface area (Å²) in [6, 6.07) is 8.25. The quantitative estimate of drug-likeness (QED) is 0.547. The van der Waals surface area contributed by atoms with Crippen molar-refractivity contribution in [3.8, 4) is 0 Å². The summed E-state index contributed by atoms with van der Waals surface area (Å²) in [5, 5.41) is 2.02. The molecule has 0 radical (unpaired) electrons. The van der Waals surface area contributed by atoms with Crippen LogP contribution in [0.25, 0.3) is 0 Å². The van der Waals surface area contributed by atoms with Gasteiger partial charge in [0.15, 0.2) is 0 Å². The van der Waals surface area contributed by atoms with Gasteiger partial charge in [-0.25, -0.2) is 0 Å². The van der Waals surface area contributed by atoms with E-state index in [9.17, 15) is 0 Å². The van der Waals surface area contributed by atoms with Crippen molar-refractivity contribution in [3.63, 3.8) is 0 Å². The standard InChI is InChI=1S/C13H11Br2ClS/c1-2-8-5-6-17-13(8)12(16)10-7-9(14)3-4-11(10)15/h3-7,12H,2H2,1H3. The third-order valence-corrected chi connectivity index (χ3v) is 5.45. The molecule has 0 nitrogen and oxygen atoms in total. The SMILES string of the molecule is CCc1ccsc1C(Cl)c1cc(Br)ccc1Br. The van der Waals surface area contributed by atoms with Crippen molar-refractivity contribution < 1.29 is 0 Å².